The van der Waals surface area contributed by atoms with Crippen LogP contribution in [0.4, 0.5) is 18.0 Å². The molecule has 0 unspecified atom stereocenters. The van der Waals surface area contributed by atoms with Gasteiger partial charge in [-0.1, -0.05) is 65.1 Å². The first kappa shape index (κ1) is 34.6. The molecule has 3 heterocycles. The Balaban J connectivity index is 1.56. The Labute approximate surface area is 286 Å². The fourth-order valence-corrected chi connectivity index (χ4v) is 5.64. The van der Waals surface area contributed by atoms with Gasteiger partial charge < -0.3 is 9.64 Å². The number of hydrogen-bond donors (Lipinski definition) is 0. The number of likely N-dealkylation sites (N-methyl/N-ethyl adjacent to an activating group) is 1. The first-order valence-corrected chi connectivity index (χ1v) is 15.1. The molecule has 48 heavy (non-hydrogen) atoms. The Morgan fingerprint density at radius 1 is 0.917 bits per heavy atom. The zero-order valence-electron chi connectivity index (χ0n) is 25.1. The number of hydrogen-bond acceptors (Lipinski definition) is 7. The van der Waals surface area contributed by atoms with Gasteiger partial charge in [0.2, 0.25) is 0 Å². The Morgan fingerprint density at radius 3 is 2.31 bits per heavy atom. The maximum atomic E-state index is 14.0. The second-order valence-corrected chi connectivity index (χ2v) is 11.7. The van der Waals surface area contributed by atoms with Crippen LogP contribution in [0.1, 0.15) is 37.8 Å². The van der Waals surface area contributed by atoms with Gasteiger partial charge in [-0.25, -0.2) is 14.5 Å². The van der Waals surface area contributed by atoms with Crippen LogP contribution in [0.5, 0.6) is 0 Å². The van der Waals surface area contributed by atoms with Crippen molar-refractivity contribution in [2.75, 3.05) is 20.7 Å². The molecule has 0 aliphatic rings. The van der Waals surface area contributed by atoms with E-state index in [1.54, 1.807) is 36.4 Å². The number of alkyl halides is 3. The molecule has 2 aromatic carbocycles. The molecule has 0 spiro atoms. The molecule has 16 heteroatoms. The summed E-state index contributed by atoms with van der Waals surface area (Å²) >= 11 is 19.1. The van der Waals surface area contributed by atoms with Gasteiger partial charge in [0.1, 0.15) is 5.69 Å². The molecule has 0 saturated carbocycles. The minimum atomic E-state index is -4.71. The number of amides is 1. The van der Waals surface area contributed by atoms with Gasteiger partial charge in [-0.05, 0) is 47.5 Å². The largest absolute Gasteiger partial charge is 0.453 e. The first-order valence-electron chi connectivity index (χ1n) is 14.0. The normalized spacial score (nSPS) is 11.4. The predicted octanol–water partition coefficient (Wildman–Crippen LogP) is 7.46. The minimum Gasteiger partial charge on any atom is -0.453 e. The number of halogens is 6. The van der Waals surface area contributed by atoms with Crippen molar-refractivity contribution in [1.29, 1.82) is 0 Å². The molecule has 0 saturated heterocycles. The summed E-state index contributed by atoms with van der Waals surface area (Å²) in [5.74, 6) is -1.08. The van der Waals surface area contributed by atoms with Gasteiger partial charge in [-0.2, -0.15) is 23.4 Å². The van der Waals surface area contributed by atoms with E-state index >= 15 is 0 Å². The van der Waals surface area contributed by atoms with Crippen LogP contribution < -0.4 is 0 Å². The number of ketones is 2. The van der Waals surface area contributed by atoms with Crippen LogP contribution in [0.15, 0.2) is 72.9 Å². The zero-order valence-corrected chi connectivity index (χ0v) is 27.4. The molecule has 0 N–H and O–H groups in total. The van der Waals surface area contributed by atoms with Gasteiger partial charge in [0.25, 0.3) is 0 Å². The number of pyridine rings is 1. The van der Waals surface area contributed by atoms with Gasteiger partial charge in [0.05, 0.1) is 36.6 Å². The number of carbonyl (C=O) groups excluding carboxylic acids is 3. The summed E-state index contributed by atoms with van der Waals surface area (Å²) in [5, 5.41) is 8.57. The van der Waals surface area contributed by atoms with Crippen LogP contribution in [-0.2, 0) is 23.9 Å². The number of aromatic nitrogens is 5. The standard InChI is InChI=1S/C32H24Cl3F3N6O4/c1-42(31(47)48-2)17-28(46)22-11-19(33)12-24(35)21(22)14-27(45)26-13-20(40-44(26)30-23(34)9-6-10-39-30)16-43-25(18-7-4-3-5-8-18)15-29(41-43)32(36,37)38/h3-13,15H,14,16-17H2,1-2H3. The van der Waals surface area contributed by atoms with Crippen molar-refractivity contribution < 1.29 is 32.3 Å². The number of benzene rings is 2. The van der Waals surface area contributed by atoms with Crippen LogP contribution in [0.3, 0.4) is 0 Å². The summed E-state index contributed by atoms with van der Waals surface area (Å²) in [6.45, 7) is -0.660. The molecule has 1 amide bonds. The van der Waals surface area contributed by atoms with E-state index in [0.717, 1.165) is 15.6 Å². The van der Waals surface area contributed by atoms with Gasteiger partial charge >= 0.3 is 12.3 Å². The van der Waals surface area contributed by atoms with Crippen LogP contribution in [0, 0.1) is 0 Å². The molecule has 0 atom stereocenters. The molecule has 0 fully saturated rings. The second kappa shape index (κ2) is 14.2. The first-order chi connectivity index (χ1) is 22.8. The maximum absolute atomic E-state index is 14.0. The van der Waals surface area contributed by atoms with Crippen molar-refractivity contribution in [3.05, 3.63) is 116 Å². The quantitative estimate of drug-likeness (QED) is 0.138. The van der Waals surface area contributed by atoms with E-state index in [9.17, 15) is 27.6 Å². The smallest absolute Gasteiger partial charge is 0.435 e. The summed E-state index contributed by atoms with van der Waals surface area (Å²) in [5.41, 5.74) is -0.201. The average molecular weight is 720 g/mol. The number of rotatable bonds is 10. The summed E-state index contributed by atoms with van der Waals surface area (Å²) < 4.78 is 48.1. The molecule has 5 rings (SSSR count). The highest BCUT2D eigenvalue weighted by Crippen LogP contribution is 2.33. The van der Waals surface area contributed by atoms with E-state index in [1.807, 2.05) is 0 Å². The zero-order chi connectivity index (χ0) is 34.7. The number of Topliss-reactive ketones (excluding diaryl/α,β-unsaturated/α-hetero) is 2. The van der Waals surface area contributed by atoms with Crippen molar-refractivity contribution in [1.82, 2.24) is 29.4 Å². The minimum absolute atomic E-state index is 0.00230. The summed E-state index contributed by atoms with van der Waals surface area (Å²) in [7, 11) is 2.52. The van der Waals surface area contributed by atoms with Crippen LogP contribution in [-0.4, -0.2) is 67.8 Å². The van der Waals surface area contributed by atoms with Gasteiger partial charge in [-0.15, -0.1) is 0 Å². The number of ether oxygens (including phenoxy) is 1. The van der Waals surface area contributed by atoms with E-state index < -0.39 is 42.5 Å². The topological polar surface area (TPSA) is 112 Å². The fraction of sp³-hybridized carbons (Fsp3) is 0.188. The lowest BCUT2D eigenvalue weighted by Gasteiger charge is -2.17. The van der Waals surface area contributed by atoms with E-state index in [2.05, 4.69) is 19.9 Å². The Kier molecular flexibility index (Phi) is 10.2. The lowest BCUT2D eigenvalue weighted by Crippen LogP contribution is -2.32. The molecular weight excluding hydrogens is 696 g/mol. The lowest BCUT2D eigenvalue weighted by molar-refractivity contribution is -0.141. The highest BCUT2D eigenvalue weighted by atomic mass is 35.5. The fourth-order valence-electron chi connectivity index (χ4n) is 4.88. The monoisotopic (exact) mass is 718 g/mol. The summed E-state index contributed by atoms with van der Waals surface area (Å²) in [4.78, 5) is 44.5. The Hall–Kier alpha value is -4.72. The highest BCUT2D eigenvalue weighted by Gasteiger charge is 2.35. The maximum Gasteiger partial charge on any atom is 0.435 e. The van der Waals surface area contributed by atoms with Crippen molar-refractivity contribution in [3.8, 4) is 17.1 Å². The molecule has 0 bridgehead atoms. The van der Waals surface area contributed by atoms with Crippen molar-refractivity contribution >= 4 is 52.5 Å². The molecule has 248 valence electrons. The Morgan fingerprint density at radius 2 is 1.65 bits per heavy atom. The summed E-state index contributed by atoms with van der Waals surface area (Å²) in [6, 6.07) is 16.5. The van der Waals surface area contributed by atoms with E-state index in [-0.39, 0.29) is 55.6 Å². The van der Waals surface area contributed by atoms with Crippen molar-refractivity contribution in [2.24, 2.45) is 0 Å². The van der Waals surface area contributed by atoms with Gasteiger partial charge in [0, 0.05) is 35.3 Å². The van der Waals surface area contributed by atoms with Crippen LogP contribution in [0.25, 0.3) is 17.1 Å². The Bertz CT molecular complexity index is 2010. The lowest BCUT2D eigenvalue weighted by atomic mass is 9.97. The third-order valence-corrected chi connectivity index (χ3v) is 7.95. The van der Waals surface area contributed by atoms with Crippen LogP contribution >= 0.6 is 34.8 Å². The number of carbonyl (C=O) groups is 3. The molecule has 0 aliphatic heterocycles. The molecule has 3 aromatic heterocycles. The molecule has 5 aromatic rings. The molecular formula is C32H24Cl3F3N6O4. The molecule has 10 nitrogen and oxygen atoms in total. The summed E-state index contributed by atoms with van der Waals surface area (Å²) in [6.07, 6.45) is -4.47. The molecule has 0 radical (unpaired) electrons. The third-order valence-electron chi connectivity index (χ3n) is 7.10. The van der Waals surface area contributed by atoms with Crippen molar-refractivity contribution in [2.45, 2.75) is 19.1 Å². The number of nitrogens with zero attached hydrogens (tertiary/aromatic N) is 6. The predicted molar refractivity (Wildman–Crippen MR) is 172 cm³/mol. The van der Waals surface area contributed by atoms with Crippen LogP contribution in [0.2, 0.25) is 15.1 Å². The third kappa shape index (κ3) is 7.53. The van der Waals surface area contributed by atoms with E-state index in [4.69, 9.17) is 34.8 Å². The van der Waals surface area contributed by atoms with E-state index in [0.29, 0.717) is 5.56 Å². The average Bonchev–Trinajstić information content (AvgIpc) is 3.67. The molecule has 0 aliphatic carbocycles. The van der Waals surface area contributed by atoms with E-state index in [1.165, 1.54) is 49.3 Å². The number of methoxy groups -OCH3 is 1. The highest BCUT2D eigenvalue weighted by molar-refractivity contribution is 6.36. The van der Waals surface area contributed by atoms with Crippen molar-refractivity contribution in [3.63, 3.8) is 0 Å². The van der Waals surface area contributed by atoms with Gasteiger partial charge in [0.15, 0.2) is 23.1 Å². The second-order valence-electron chi connectivity index (χ2n) is 10.4. The SMILES string of the molecule is COC(=O)N(C)CC(=O)c1cc(Cl)cc(Cl)c1CC(=O)c1cc(Cn2nc(C(F)(F)F)cc2-c2ccccc2)nn1-c1ncccc1Cl. The van der Waals surface area contributed by atoms with Gasteiger partial charge in [-0.3, -0.25) is 14.3 Å².